The Hall–Kier alpha value is -2.49. The predicted molar refractivity (Wildman–Crippen MR) is 199 cm³/mol. The summed E-state index contributed by atoms with van der Waals surface area (Å²) in [6.07, 6.45) is 16.2. The monoisotopic (exact) mass is 673 g/mol. The Balaban J connectivity index is -0.000000346. The minimum atomic E-state index is -2.58. The number of hydrogen-bond donors (Lipinski definition) is 6. The first-order chi connectivity index (χ1) is 21.9. The summed E-state index contributed by atoms with van der Waals surface area (Å²) in [4.78, 5) is 21.5. The minimum absolute atomic E-state index is 0.225. The van der Waals surface area contributed by atoms with Gasteiger partial charge in [-0.05, 0) is 67.6 Å². The number of rotatable bonds is 11. The van der Waals surface area contributed by atoms with Gasteiger partial charge in [0.25, 0.3) is 5.66 Å². The first-order valence-corrected chi connectivity index (χ1v) is 17.0. The second-order valence-electron chi connectivity index (χ2n) is 10.1. The molecule has 268 valence electrons. The van der Waals surface area contributed by atoms with E-state index in [9.17, 15) is 18.4 Å². The third kappa shape index (κ3) is 24.7. The molecule has 2 unspecified atom stereocenters. The van der Waals surface area contributed by atoms with Crippen molar-refractivity contribution in [2.24, 2.45) is 23.2 Å². The predicted octanol–water partition coefficient (Wildman–Crippen LogP) is 6.71. The van der Waals surface area contributed by atoms with Crippen molar-refractivity contribution in [3.05, 3.63) is 65.3 Å². The van der Waals surface area contributed by atoms with Crippen molar-refractivity contribution in [1.82, 2.24) is 10.6 Å². The highest BCUT2D eigenvalue weighted by Crippen LogP contribution is 2.54. The molecule has 11 heteroatoms. The number of carbonyl (C=O) groups excluding carboxylic acids is 2. The number of benzene rings is 1. The Morgan fingerprint density at radius 2 is 1.61 bits per heavy atom. The highest BCUT2D eigenvalue weighted by atomic mass is 31.0. The van der Waals surface area contributed by atoms with Gasteiger partial charge in [0.15, 0.2) is 0 Å². The zero-order valence-electron chi connectivity index (χ0n) is 29.9. The van der Waals surface area contributed by atoms with Crippen LogP contribution in [0.1, 0.15) is 111 Å². The third-order valence-electron chi connectivity index (χ3n) is 5.81. The molecule has 2 atom stereocenters. The molecule has 0 radical (unpaired) electrons. The van der Waals surface area contributed by atoms with Crippen LogP contribution < -0.4 is 33.8 Å². The molecule has 0 saturated heterocycles. The topological polar surface area (TPSA) is 162 Å². The fourth-order valence-electron chi connectivity index (χ4n) is 4.48. The highest BCUT2D eigenvalue weighted by Gasteiger charge is 2.45. The van der Waals surface area contributed by atoms with Crippen molar-refractivity contribution < 1.29 is 18.4 Å². The van der Waals surface area contributed by atoms with Crippen molar-refractivity contribution in [3.63, 3.8) is 0 Å². The van der Waals surface area contributed by atoms with Gasteiger partial charge < -0.3 is 22.1 Å². The van der Waals surface area contributed by atoms with Gasteiger partial charge >= 0.3 is 0 Å². The summed E-state index contributed by atoms with van der Waals surface area (Å²) in [5.74, 6) is 7.77. The van der Waals surface area contributed by atoms with Crippen LogP contribution in [0.2, 0.25) is 0 Å². The molecule has 0 heterocycles. The van der Waals surface area contributed by atoms with E-state index in [-0.39, 0.29) is 11.3 Å². The number of fused-ring (bicyclic) bond motifs is 3. The Kier molecular flexibility index (Phi) is 37.1. The first-order valence-electron chi connectivity index (χ1n) is 16.5. The summed E-state index contributed by atoms with van der Waals surface area (Å²) in [6.45, 7) is 18.7. The molecule has 1 aromatic rings. The number of primary amides is 1. The van der Waals surface area contributed by atoms with Crippen LogP contribution in [0.25, 0.3) is 5.57 Å². The maximum Gasteiger partial charge on any atom is 0.256 e. The van der Waals surface area contributed by atoms with Gasteiger partial charge in [0, 0.05) is 25.3 Å². The van der Waals surface area contributed by atoms with Crippen molar-refractivity contribution in [2.45, 2.75) is 111 Å². The van der Waals surface area contributed by atoms with Crippen molar-refractivity contribution >= 4 is 27.1 Å². The summed E-state index contributed by atoms with van der Waals surface area (Å²) in [5, 5.41) is 5.90. The average molecular weight is 673 g/mol. The molecule has 2 aliphatic carbocycles. The van der Waals surface area contributed by atoms with Crippen LogP contribution >= 0.6 is 9.24 Å². The SMILES string of the molecule is CC.CC(F)(F)P.CCC.CCCNC=O.CCN.CCNCCCCC1(CC(N)=O)C2=CC=CCC=C2c2ccccc21.NN. The summed E-state index contributed by atoms with van der Waals surface area (Å²) in [6, 6.07) is 8.53. The van der Waals surface area contributed by atoms with Crippen molar-refractivity contribution in [3.8, 4) is 0 Å². The number of hydrazine groups is 1. The summed E-state index contributed by atoms with van der Waals surface area (Å²) < 4.78 is 22.0. The largest absolute Gasteiger partial charge is 0.370 e. The van der Waals surface area contributed by atoms with Gasteiger partial charge in [-0.3, -0.25) is 21.3 Å². The van der Waals surface area contributed by atoms with Gasteiger partial charge in [0.1, 0.15) is 0 Å². The van der Waals surface area contributed by atoms with E-state index in [2.05, 4.69) is 91.7 Å². The van der Waals surface area contributed by atoms with Gasteiger partial charge in [-0.1, -0.05) is 119 Å². The molecule has 10 N–H and O–H groups in total. The number of alkyl halides is 2. The first kappa shape index (κ1) is 50.4. The van der Waals surface area contributed by atoms with E-state index in [1.807, 2.05) is 27.7 Å². The number of halogens is 2. The Morgan fingerprint density at radius 3 is 2.07 bits per heavy atom. The molecule has 0 fully saturated rings. The summed E-state index contributed by atoms with van der Waals surface area (Å²) in [5.41, 5.74) is 12.8. The lowest BCUT2D eigenvalue weighted by Crippen LogP contribution is -2.32. The summed E-state index contributed by atoms with van der Waals surface area (Å²) in [7, 11) is 1.38. The number of carbonyl (C=O) groups is 2. The van der Waals surface area contributed by atoms with E-state index < -0.39 is 5.66 Å². The average Bonchev–Trinajstić information content (AvgIpc) is 3.14. The molecule has 0 spiro atoms. The van der Waals surface area contributed by atoms with Gasteiger partial charge in [0.05, 0.1) is 0 Å². The van der Waals surface area contributed by atoms with Crippen molar-refractivity contribution in [1.29, 1.82) is 0 Å². The van der Waals surface area contributed by atoms with Crippen molar-refractivity contribution in [2.75, 3.05) is 26.2 Å². The molecule has 0 aromatic heterocycles. The van der Waals surface area contributed by atoms with Crippen LogP contribution in [-0.2, 0) is 15.0 Å². The second kappa shape index (κ2) is 33.9. The molecular formula is C35H67F2N6O2P. The Bertz CT molecular complexity index is 961. The molecule has 2 aliphatic rings. The second-order valence-corrected chi connectivity index (χ2v) is 11.1. The molecule has 0 aliphatic heterocycles. The number of nitrogens with one attached hydrogen (secondary N) is 2. The highest BCUT2D eigenvalue weighted by molar-refractivity contribution is 7.18. The third-order valence-corrected chi connectivity index (χ3v) is 5.81. The van der Waals surface area contributed by atoms with Gasteiger partial charge in [-0.15, -0.1) is 0 Å². The fraction of sp³-hybridized carbons (Fsp3) is 0.600. The zero-order valence-corrected chi connectivity index (χ0v) is 31.1. The molecule has 0 bridgehead atoms. The van der Waals surface area contributed by atoms with E-state index in [0.717, 1.165) is 65.2 Å². The number of allylic oxidation sites excluding steroid dienone is 6. The minimum Gasteiger partial charge on any atom is -0.370 e. The normalized spacial score (nSPS) is 14.8. The molecule has 2 amide bonds. The molecule has 1 aromatic carbocycles. The molecule has 8 nitrogen and oxygen atoms in total. The number of amides is 2. The fourth-order valence-corrected chi connectivity index (χ4v) is 4.48. The summed E-state index contributed by atoms with van der Waals surface area (Å²) >= 11 is 0. The molecule has 0 saturated carbocycles. The van der Waals surface area contributed by atoms with E-state index in [0.29, 0.717) is 12.8 Å². The maximum atomic E-state index is 12.0. The van der Waals surface area contributed by atoms with Gasteiger partial charge in [0.2, 0.25) is 12.3 Å². The number of unbranched alkanes of at least 4 members (excludes halogenated alkanes) is 1. The van der Waals surface area contributed by atoms with E-state index in [4.69, 9.17) is 11.5 Å². The standard InChI is InChI=1S/C22H28N2O.C4H9NO.C3H8.C2H5F2P.C2H7N.C2H6.H4N2/c1-2-24-15-9-8-14-22(16-21(23)25)19-12-5-3-4-10-17(19)18-11-6-7-13-20(18)22;1-2-3-5-4-6;1-3-2;1-2(3,4)5;1-2-3;2*1-2/h3,5-7,10-13,24H,2,4,8-9,14-16H2,1H3,(H2,23,25);4H,2-3H2,1H3,(H,5,6);3H2,1-2H3;5H2,1H3;2-3H2,1H3;1-2H3;1-2H2. The number of nitrogens with two attached hydrogens (primary N) is 4. The van der Waals surface area contributed by atoms with E-state index in [1.54, 1.807) is 0 Å². The molecular weight excluding hydrogens is 605 g/mol. The maximum absolute atomic E-state index is 12.0. The van der Waals surface area contributed by atoms with Crippen LogP contribution in [0.4, 0.5) is 8.78 Å². The Labute approximate surface area is 281 Å². The lowest BCUT2D eigenvalue weighted by molar-refractivity contribution is -0.119. The Morgan fingerprint density at radius 1 is 1.07 bits per heavy atom. The quantitative estimate of drug-likeness (QED) is 0.0504. The zero-order chi connectivity index (χ0) is 36.4. The van der Waals surface area contributed by atoms with Gasteiger partial charge in [-0.2, -0.15) is 0 Å². The smallest absolute Gasteiger partial charge is 0.256 e. The van der Waals surface area contributed by atoms with Gasteiger partial charge in [-0.25, -0.2) is 8.78 Å². The lowest BCUT2D eigenvalue weighted by Gasteiger charge is -2.31. The van der Waals surface area contributed by atoms with E-state index in [1.165, 1.54) is 37.9 Å². The molecule has 3 rings (SSSR count). The van der Waals surface area contributed by atoms with Crippen LogP contribution in [0.15, 0.2) is 54.1 Å². The molecule has 46 heavy (non-hydrogen) atoms. The van der Waals surface area contributed by atoms with Crippen LogP contribution in [0, 0.1) is 0 Å². The number of hydrogen-bond acceptors (Lipinski definition) is 6. The van der Waals surface area contributed by atoms with Crippen LogP contribution in [0.3, 0.4) is 0 Å². The van der Waals surface area contributed by atoms with E-state index >= 15 is 0 Å². The lowest BCUT2D eigenvalue weighted by atomic mass is 9.71. The van der Waals surface area contributed by atoms with Crippen LogP contribution in [-0.4, -0.2) is 44.2 Å². The van der Waals surface area contributed by atoms with Crippen LogP contribution in [0.5, 0.6) is 0 Å².